The third-order valence-electron chi connectivity index (χ3n) is 1.73. The molecule has 0 aromatic heterocycles. The van der Waals surface area contributed by atoms with E-state index in [9.17, 15) is 4.55 Å². The Labute approximate surface area is 67.9 Å². The molecule has 0 saturated carbocycles. The normalized spacial score (nSPS) is 43.6. The van der Waals surface area contributed by atoms with Crippen LogP contribution in [0.3, 0.4) is 0 Å². The molecule has 1 aliphatic heterocycles. The van der Waals surface area contributed by atoms with Gasteiger partial charge in [-0.1, -0.05) is 5.16 Å². The van der Waals surface area contributed by atoms with Crippen molar-refractivity contribution in [1.29, 1.82) is 0 Å². The van der Waals surface area contributed by atoms with E-state index in [-0.39, 0.29) is 5.25 Å². The second-order valence-corrected chi connectivity index (χ2v) is 5.32. The van der Waals surface area contributed by atoms with Gasteiger partial charge in [0.15, 0.2) is 5.04 Å². The maximum Gasteiger partial charge on any atom is 0.160 e. The van der Waals surface area contributed by atoms with Crippen LogP contribution in [0.4, 0.5) is 0 Å². The Morgan fingerprint density at radius 1 is 1.82 bits per heavy atom. The molecule has 0 bridgehead atoms. The van der Waals surface area contributed by atoms with E-state index >= 15 is 0 Å². The third kappa shape index (κ3) is 1.36. The summed E-state index contributed by atoms with van der Waals surface area (Å²) in [7, 11) is -0.614. The first-order chi connectivity index (χ1) is 5.11. The Hall–Kier alpha value is -0.260. The van der Waals surface area contributed by atoms with Crippen molar-refractivity contribution in [3.05, 3.63) is 0 Å². The second kappa shape index (κ2) is 3.00. The van der Waals surface area contributed by atoms with Gasteiger partial charge in [0.1, 0.15) is 6.61 Å². The van der Waals surface area contributed by atoms with E-state index in [4.69, 9.17) is 9.02 Å². The van der Waals surface area contributed by atoms with E-state index in [1.807, 2.05) is 6.92 Å². The highest BCUT2D eigenvalue weighted by molar-refractivity contribution is 8.38. The largest absolute Gasteiger partial charge is 0.393 e. The topological polar surface area (TPSA) is 51.0 Å². The zero-order chi connectivity index (χ0) is 8.48. The van der Waals surface area contributed by atoms with Crippen molar-refractivity contribution in [2.24, 2.45) is 5.16 Å². The summed E-state index contributed by atoms with van der Waals surface area (Å²) in [5.41, 5.74) is 0. The summed E-state index contributed by atoms with van der Waals surface area (Å²) in [5, 5.41) is 4.24. The summed E-state index contributed by atoms with van der Waals surface area (Å²) < 4.78 is 14.9. The molecule has 0 radical (unpaired) electrons. The lowest BCUT2D eigenvalue weighted by Crippen LogP contribution is -2.29. The molecular formula is C6H13NO3S. The molecule has 0 saturated heterocycles. The fraction of sp³-hybridized carbons (Fsp3) is 0.833. The van der Waals surface area contributed by atoms with Crippen LogP contribution in [-0.4, -0.2) is 28.6 Å². The molecule has 0 amide bonds. The van der Waals surface area contributed by atoms with E-state index in [2.05, 4.69) is 5.16 Å². The highest BCUT2D eigenvalue weighted by atomic mass is 32.3. The van der Waals surface area contributed by atoms with Crippen molar-refractivity contribution in [1.82, 2.24) is 0 Å². The van der Waals surface area contributed by atoms with Crippen LogP contribution in [0.5, 0.6) is 0 Å². The van der Waals surface area contributed by atoms with Crippen LogP contribution in [0, 0.1) is 0 Å². The van der Waals surface area contributed by atoms with Crippen molar-refractivity contribution in [2.45, 2.75) is 19.1 Å². The molecule has 0 aromatic rings. The predicted octanol–water partition coefficient (Wildman–Crippen LogP) is 1.58. The number of hydrogen-bond acceptors (Lipinski definition) is 4. The first kappa shape index (κ1) is 8.83. The van der Waals surface area contributed by atoms with Gasteiger partial charge >= 0.3 is 0 Å². The molecule has 0 spiro atoms. The van der Waals surface area contributed by atoms with Crippen LogP contribution in [0.1, 0.15) is 13.8 Å². The quantitative estimate of drug-likeness (QED) is 0.664. The van der Waals surface area contributed by atoms with E-state index in [1.54, 1.807) is 6.92 Å². The Morgan fingerprint density at radius 3 is 2.82 bits per heavy atom. The van der Waals surface area contributed by atoms with Gasteiger partial charge < -0.3 is 4.84 Å². The van der Waals surface area contributed by atoms with Crippen LogP contribution in [0.25, 0.3) is 0 Å². The lowest BCUT2D eigenvalue weighted by Gasteiger charge is -2.42. The summed E-state index contributed by atoms with van der Waals surface area (Å²) >= 11 is 0. The highest BCUT2D eigenvalue weighted by Gasteiger charge is 2.31. The monoisotopic (exact) mass is 179 g/mol. The minimum absolute atomic E-state index is 0.00463. The van der Waals surface area contributed by atoms with Gasteiger partial charge in [-0.25, -0.2) is 0 Å². The molecule has 11 heavy (non-hydrogen) atoms. The van der Waals surface area contributed by atoms with E-state index in [1.165, 1.54) is 7.11 Å². The maximum atomic E-state index is 9.87. The fourth-order valence-electron chi connectivity index (χ4n) is 0.955. The van der Waals surface area contributed by atoms with Gasteiger partial charge in [0.2, 0.25) is 0 Å². The van der Waals surface area contributed by atoms with Crippen LogP contribution >= 0.6 is 10.6 Å². The van der Waals surface area contributed by atoms with Gasteiger partial charge in [-0.15, -0.1) is 10.6 Å². The van der Waals surface area contributed by atoms with E-state index in [0.29, 0.717) is 11.7 Å². The molecule has 2 unspecified atom stereocenters. The van der Waals surface area contributed by atoms with E-state index in [0.717, 1.165) is 0 Å². The number of nitrogens with zero attached hydrogens (tertiary/aromatic N) is 1. The molecule has 66 valence electrons. The van der Waals surface area contributed by atoms with E-state index < -0.39 is 10.6 Å². The predicted molar refractivity (Wildman–Crippen MR) is 45.8 cm³/mol. The first-order valence-electron chi connectivity index (χ1n) is 3.38. The Balaban J connectivity index is 2.87. The Morgan fingerprint density at radius 2 is 2.45 bits per heavy atom. The fourth-order valence-corrected chi connectivity index (χ4v) is 2.51. The molecule has 1 N–H and O–H groups in total. The van der Waals surface area contributed by atoms with Crippen molar-refractivity contribution in [3.63, 3.8) is 0 Å². The molecule has 2 atom stereocenters. The molecule has 0 aliphatic carbocycles. The van der Waals surface area contributed by atoms with Crippen molar-refractivity contribution in [3.8, 4) is 0 Å². The van der Waals surface area contributed by atoms with Gasteiger partial charge in [-0.05, 0) is 13.8 Å². The van der Waals surface area contributed by atoms with Crippen molar-refractivity contribution >= 4 is 15.6 Å². The van der Waals surface area contributed by atoms with Gasteiger partial charge in [0.05, 0.1) is 12.4 Å². The second-order valence-electron chi connectivity index (χ2n) is 2.45. The summed E-state index contributed by atoms with van der Waals surface area (Å²) in [6, 6.07) is 0. The first-order valence-corrected chi connectivity index (χ1v) is 4.96. The van der Waals surface area contributed by atoms with Crippen LogP contribution in [0.2, 0.25) is 0 Å². The summed E-state index contributed by atoms with van der Waals surface area (Å²) in [6.07, 6.45) is 0. The van der Waals surface area contributed by atoms with Crippen molar-refractivity contribution in [2.75, 3.05) is 13.7 Å². The zero-order valence-corrected chi connectivity index (χ0v) is 7.72. The molecule has 0 aromatic carbocycles. The lowest BCUT2D eigenvalue weighted by molar-refractivity contribution is 0.138. The molecule has 5 heteroatoms. The summed E-state index contributed by atoms with van der Waals surface area (Å²) in [5.74, 6) is 0. The molecule has 1 rings (SSSR count). The average Bonchev–Trinajstić information content (AvgIpc) is 2.00. The highest BCUT2D eigenvalue weighted by Crippen LogP contribution is 2.51. The molecule has 1 heterocycles. The SMILES string of the molecule is COS1(O)C(C)=NOCC1C. The number of oxime groups is 1. The minimum atomic E-state index is -2.11. The number of hydrogen-bond donors (Lipinski definition) is 1. The van der Waals surface area contributed by atoms with Crippen LogP contribution in [0.15, 0.2) is 5.16 Å². The third-order valence-corrected chi connectivity index (χ3v) is 4.38. The Kier molecular flexibility index (Phi) is 2.41. The number of rotatable bonds is 1. The molecule has 1 aliphatic rings. The average molecular weight is 179 g/mol. The standard InChI is InChI=1S/C6H13NO3S/c1-5-4-10-7-6(2)11(5,8)9-3/h5,8H,4H2,1-3H3. The van der Waals surface area contributed by atoms with Gasteiger partial charge in [0.25, 0.3) is 0 Å². The molecule has 4 nitrogen and oxygen atoms in total. The summed E-state index contributed by atoms with van der Waals surface area (Å²) in [6.45, 7) is 4.03. The van der Waals surface area contributed by atoms with Gasteiger partial charge in [-0.3, -0.25) is 8.74 Å². The minimum Gasteiger partial charge on any atom is -0.393 e. The van der Waals surface area contributed by atoms with Crippen molar-refractivity contribution < 1.29 is 13.6 Å². The smallest absolute Gasteiger partial charge is 0.160 e. The van der Waals surface area contributed by atoms with Crippen LogP contribution < -0.4 is 0 Å². The molecule has 0 fully saturated rings. The van der Waals surface area contributed by atoms with Crippen LogP contribution in [-0.2, 0) is 9.02 Å². The van der Waals surface area contributed by atoms with Gasteiger partial charge in [-0.2, -0.15) is 0 Å². The maximum absolute atomic E-state index is 9.87. The lowest BCUT2D eigenvalue weighted by atomic mass is 10.5. The van der Waals surface area contributed by atoms with Gasteiger partial charge in [0, 0.05) is 0 Å². The summed E-state index contributed by atoms with van der Waals surface area (Å²) in [4.78, 5) is 4.86. The Bertz CT molecular complexity index is 185. The molecular weight excluding hydrogens is 166 g/mol. The zero-order valence-electron chi connectivity index (χ0n) is 6.90.